The summed E-state index contributed by atoms with van der Waals surface area (Å²) in [7, 11) is 0. The molecule has 1 aliphatic carbocycles. The Hall–Kier alpha value is -2.28. The fourth-order valence-electron chi connectivity index (χ4n) is 1.94. The monoisotopic (exact) mass is 272 g/mol. The van der Waals surface area contributed by atoms with Gasteiger partial charge >= 0.3 is 0 Å². The number of hydrogen-bond donors (Lipinski definition) is 2. The van der Waals surface area contributed by atoms with Gasteiger partial charge in [-0.25, -0.2) is 4.68 Å². The molecular formula is C13H16N6O. The van der Waals surface area contributed by atoms with Crippen molar-refractivity contribution in [3.05, 3.63) is 24.3 Å². The summed E-state index contributed by atoms with van der Waals surface area (Å²) in [4.78, 5) is 11.6. The van der Waals surface area contributed by atoms with Gasteiger partial charge in [0.2, 0.25) is 5.91 Å². The van der Waals surface area contributed by atoms with Crippen molar-refractivity contribution in [3.8, 4) is 11.4 Å². The van der Waals surface area contributed by atoms with Gasteiger partial charge < -0.3 is 11.1 Å². The van der Waals surface area contributed by atoms with Gasteiger partial charge in [0.15, 0.2) is 5.82 Å². The third-order valence-electron chi connectivity index (χ3n) is 3.19. The Kier molecular flexibility index (Phi) is 3.19. The number of anilines is 1. The van der Waals surface area contributed by atoms with Gasteiger partial charge in [-0.05, 0) is 42.3 Å². The van der Waals surface area contributed by atoms with E-state index in [0.29, 0.717) is 11.7 Å². The Labute approximate surface area is 116 Å². The molecule has 7 heteroatoms. The molecule has 0 unspecified atom stereocenters. The standard InChI is InChI=1S/C13H16N6O/c1-8(14)13(20)15-10-4-2-3-9(7-10)12-16-17-18-19(12)11-5-6-11/h2-4,7-8,11H,5-6,14H2,1H3,(H,15,20)/t8-/m1/s1. The molecule has 2 aromatic rings. The Morgan fingerprint density at radius 1 is 1.50 bits per heavy atom. The highest BCUT2D eigenvalue weighted by Crippen LogP contribution is 2.36. The molecule has 0 bridgehead atoms. The van der Waals surface area contributed by atoms with Crippen molar-refractivity contribution in [1.82, 2.24) is 20.2 Å². The molecule has 1 aromatic heterocycles. The van der Waals surface area contributed by atoms with Crippen LogP contribution in [0.15, 0.2) is 24.3 Å². The highest BCUT2D eigenvalue weighted by molar-refractivity contribution is 5.94. The van der Waals surface area contributed by atoms with E-state index >= 15 is 0 Å². The zero-order chi connectivity index (χ0) is 14.1. The van der Waals surface area contributed by atoms with E-state index in [1.165, 1.54) is 0 Å². The lowest BCUT2D eigenvalue weighted by molar-refractivity contribution is -0.117. The molecule has 1 amide bonds. The van der Waals surface area contributed by atoms with Crippen LogP contribution in [0.25, 0.3) is 11.4 Å². The number of rotatable bonds is 4. The minimum Gasteiger partial charge on any atom is -0.325 e. The molecule has 0 spiro atoms. The second kappa shape index (κ2) is 5.01. The van der Waals surface area contributed by atoms with Gasteiger partial charge in [-0.1, -0.05) is 12.1 Å². The molecular weight excluding hydrogens is 256 g/mol. The van der Waals surface area contributed by atoms with Crippen LogP contribution in [0.2, 0.25) is 0 Å². The number of tetrazole rings is 1. The van der Waals surface area contributed by atoms with E-state index in [-0.39, 0.29) is 5.91 Å². The molecule has 3 rings (SSSR count). The van der Waals surface area contributed by atoms with E-state index in [4.69, 9.17) is 5.73 Å². The van der Waals surface area contributed by atoms with Crippen molar-refractivity contribution in [3.63, 3.8) is 0 Å². The van der Waals surface area contributed by atoms with Crippen LogP contribution in [0, 0.1) is 0 Å². The van der Waals surface area contributed by atoms with E-state index < -0.39 is 6.04 Å². The molecule has 1 aromatic carbocycles. The fraction of sp³-hybridized carbons (Fsp3) is 0.385. The van der Waals surface area contributed by atoms with Crippen molar-refractivity contribution in [1.29, 1.82) is 0 Å². The van der Waals surface area contributed by atoms with Crippen molar-refractivity contribution >= 4 is 11.6 Å². The Balaban J connectivity index is 1.87. The lowest BCUT2D eigenvalue weighted by Gasteiger charge is -2.09. The van der Waals surface area contributed by atoms with Crippen molar-refractivity contribution in [2.75, 3.05) is 5.32 Å². The average molecular weight is 272 g/mol. The Morgan fingerprint density at radius 3 is 3.00 bits per heavy atom. The second-order valence-corrected chi connectivity index (χ2v) is 5.04. The van der Waals surface area contributed by atoms with Crippen LogP contribution < -0.4 is 11.1 Å². The lowest BCUT2D eigenvalue weighted by Crippen LogP contribution is -2.32. The summed E-state index contributed by atoms with van der Waals surface area (Å²) >= 11 is 0. The van der Waals surface area contributed by atoms with Crippen LogP contribution in [-0.2, 0) is 4.79 Å². The summed E-state index contributed by atoms with van der Waals surface area (Å²) in [5.41, 5.74) is 7.11. The highest BCUT2D eigenvalue weighted by Gasteiger charge is 2.28. The maximum Gasteiger partial charge on any atom is 0.240 e. The second-order valence-electron chi connectivity index (χ2n) is 5.04. The van der Waals surface area contributed by atoms with Gasteiger partial charge in [0, 0.05) is 11.3 Å². The predicted molar refractivity (Wildman–Crippen MR) is 73.8 cm³/mol. The van der Waals surface area contributed by atoms with E-state index in [9.17, 15) is 4.79 Å². The molecule has 20 heavy (non-hydrogen) atoms. The normalized spacial score (nSPS) is 15.9. The quantitative estimate of drug-likeness (QED) is 0.863. The average Bonchev–Trinajstić information content (AvgIpc) is 3.16. The zero-order valence-electron chi connectivity index (χ0n) is 11.2. The fourth-order valence-corrected chi connectivity index (χ4v) is 1.94. The van der Waals surface area contributed by atoms with Gasteiger partial charge in [0.05, 0.1) is 12.1 Å². The summed E-state index contributed by atoms with van der Waals surface area (Å²) in [5.74, 6) is 0.508. The van der Waals surface area contributed by atoms with Crippen LogP contribution in [0.3, 0.4) is 0 Å². The third-order valence-corrected chi connectivity index (χ3v) is 3.19. The first-order valence-electron chi connectivity index (χ1n) is 6.60. The number of amides is 1. The van der Waals surface area contributed by atoms with Gasteiger partial charge in [0.1, 0.15) is 0 Å². The summed E-state index contributed by atoms with van der Waals surface area (Å²) in [5, 5.41) is 14.6. The van der Waals surface area contributed by atoms with E-state index in [2.05, 4.69) is 20.8 Å². The van der Waals surface area contributed by atoms with Gasteiger partial charge in [0.25, 0.3) is 0 Å². The van der Waals surface area contributed by atoms with Crippen molar-refractivity contribution < 1.29 is 4.79 Å². The van der Waals surface area contributed by atoms with Crippen molar-refractivity contribution in [2.45, 2.75) is 31.8 Å². The first kappa shape index (κ1) is 12.7. The SMILES string of the molecule is C[C@@H](N)C(=O)Nc1cccc(-c2nnnn2C2CC2)c1. The van der Waals surface area contributed by atoms with E-state index in [0.717, 1.165) is 24.2 Å². The van der Waals surface area contributed by atoms with E-state index in [1.807, 2.05) is 28.9 Å². The molecule has 3 N–H and O–H groups in total. The van der Waals surface area contributed by atoms with Gasteiger partial charge in [-0.3, -0.25) is 4.79 Å². The number of hydrogen-bond acceptors (Lipinski definition) is 5. The van der Waals surface area contributed by atoms with Crippen molar-refractivity contribution in [2.24, 2.45) is 5.73 Å². The largest absolute Gasteiger partial charge is 0.325 e. The van der Waals surface area contributed by atoms with Gasteiger partial charge in [-0.15, -0.1) is 5.10 Å². The predicted octanol–water partition coefficient (Wildman–Crippen LogP) is 0.961. The van der Waals surface area contributed by atoms with Crippen LogP contribution in [0.4, 0.5) is 5.69 Å². The summed E-state index contributed by atoms with van der Waals surface area (Å²) < 4.78 is 1.84. The molecule has 104 valence electrons. The van der Waals surface area contributed by atoms with Gasteiger partial charge in [-0.2, -0.15) is 0 Å². The topological polar surface area (TPSA) is 98.7 Å². The highest BCUT2D eigenvalue weighted by atomic mass is 16.2. The first-order valence-corrected chi connectivity index (χ1v) is 6.60. The minimum absolute atomic E-state index is 0.219. The molecule has 0 radical (unpaired) electrons. The molecule has 1 heterocycles. The number of nitrogens with one attached hydrogen (secondary N) is 1. The van der Waals surface area contributed by atoms with Crippen LogP contribution in [-0.4, -0.2) is 32.2 Å². The smallest absolute Gasteiger partial charge is 0.240 e. The number of carbonyl (C=O) groups excluding carboxylic acids is 1. The molecule has 1 fully saturated rings. The molecule has 1 aliphatic rings. The zero-order valence-corrected chi connectivity index (χ0v) is 11.2. The maximum absolute atomic E-state index is 11.6. The summed E-state index contributed by atoms with van der Waals surface area (Å²) in [6.45, 7) is 1.65. The Bertz CT molecular complexity index is 631. The minimum atomic E-state index is -0.546. The molecule has 1 saturated carbocycles. The van der Waals surface area contributed by atoms with Crippen LogP contribution >= 0.6 is 0 Å². The third kappa shape index (κ3) is 2.53. The maximum atomic E-state index is 11.6. The van der Waals surface area contributed by atoms with E-state index in [1.54, 1.807) is 6.92 Å². The first-order chi connectivity index (χ1) is 9.65. The molecule has 0 saturated heterocycles. The number of benzene rings is 1. The summed E-state index contributed by atoms with van der Waals surface area (Å²) in [6.07, 6.45) is 2.22. The van der Waals surface area contributed by atoms with Crippen LogP contribution in [0.5, 0.6) is 0 Å². The number of aromatic nitrogens is 4. The number of nitrogens with zero attached hydrogens (tertiary/aromatic N) is 4. The molecule has 1 atom stereocenters. The lowest BCUT2D eigenvalue weighted by atomic mass is 10.2. The van der Waals surface area contributed by atoms with Crippen LogP contribution in [0.1, 0.15) is 25.8 Å². The molecule has 7 nitrogen and oxygen atoms in total. The summed E-state index contributed by atoms with van der Waals surface area (Å²) in [6, 6.07) is 7.31. The number of carbonyl (C=O) groups is 1. The molecule has 0 aliphatic heterocycles. The Morgan fingerprint density at radius 2 is 2.30 bits per heavy atom. The number of nitrogens with two attached hydrogens (primary N) is 1.